The fourth-order valence-electron chi connectivity index (χ4n) is 2.92. The summed E-state index contributed by atoms with van der Waals surface area (Å²) in [6, 6.07) is 3.62. The van der Waals surface area contributed by atoms with Gasteiger partial charge in [-0.15, -0.1) is 13.2 Å². The van der Waals surface area contributed by atoms with E-state index in [0.29, 0.717) is 5.56 Å². The van der Waals surface area contributed by atoms with Crippen molar-refractivity contribution in [1.29, 1.82) is 0 Å². The molecule has 0 spiro atoms. The van der Waals surface area contributed by atoms with E-state index in [4.69, 9.17) is 0 Å². The Balaban J connectivity index is 2.26. The van der Waals surface area contributed by atoms with E-state index in [2.05, 4.69) is 21.9 Å². The van der Waals surface area contributed by atoms with E-state index in [1.54, 1.807) is 0 Å². The largest absolute Gasteiger partial charge is 0.573 e. The molecule has 0 aromatic heterocycles. The van der Waals surface area contributed by atoms with Crippen LogP contribution in [-0.4, -0.2) is 42.5 Å². The zero-order valence-electron chi connectivity index (χ0n) is 13.2. The molecular formula is C16H23F3N2O2. The molecule has 2 rings (SSSR count). The molecule has 0 radical (unpaired) electrons. The van der Waals surface area contributed by atoms with Crippen LogP contribution in [0.2, 0.25) is 0 Å². The topological polar surface area (TPSA) is 44.7 Å². The second-order valence-electron chi connectivity index (χ2n) is 5.71. The Bertz CT molecular complexity index is 503. The molecule has 4 nitrogen and oxygen atoms in total. The smallest absolute Gasteiger partial charge is 0.508 e. The first kappa shape index (κ1) is 17.9. The summed E-state index contributed by atoms with van der Waals surface area (Å²) < 4.78 is 41.3. The first-order chi connectivity index (χ1) is 10.9. The zero-order chi connectivity index (χ0) is 16.9. The van der Waals surface area contributed by atoms with Gasteiger partial charge in [0.15, 0.2) is 0 Å². The number of nitrogens with zero attached hydrogens (tertiary/aromatic N) is 1. The lowest BCUT2D eigenvalue weighted by atomic mass is 9.97. The summed E-state index contributed by atoms with van der Waals surface area (Å²) in [4.78, 5) is 2.21. The van der Waals surface area contributed by atoms with Crippen LogP contribution in [0.1, 0.15) is 37.8 Å². The lowest BCUT2D eigenvalue weighted by molar-refractivity contribution is -0.274. The third kappa shape index (κ3) is 5.28. The molecule has 2 N–H and O–H groups in total. The van der Waals surface area contributed by atoms with Crippen molar-refractivity contribution in [3.8, 4) is 11.5 Å². The molecule has 1 heterocycles. The number of hydrogen-bond acceptors (Lipinski definition) is 4. The number of phenolic OH excluding ortho intramolecular Hbond substituents is 1. The molecular weight excluding hydrogens is 309 g/mol. The maximum Gasteiger partial charge on any atom is 0.573 e. The van der Waals surface area contributed by atoms with Crippen molar-refractivity contribution in [3.63, 3.8) is 0 Å². The van der Waals surface area contributed by atoms with Crippen LogP contribution >= 0.6 is 0 Å². The van der Waals surface area contributed by atoms with Gasteiger partial charge < -0.3 is 15.2 Å². The highest BCUT2D eigenvalue weighted by Crippen LogP contribution is 2.36. The standard InChI is InChI=1S/C16H23F3N2O2/c1-2-3-4-14(21-9-7-20-8-10-21)13-11-12(5-6-15(13)22)23-16(17,18)19/h5-6,11,14,20,22H,2-4,7-10H2,1H3/t14-/m1/s1. The van der Waals surface area contributed by atoms with Crippen molar-refractivity contribution in [3.05, 3.63) is 23.8 Å². The third-order valence-corrected chi connectivity index (χ3v) is 4.02. The summed E-state index contributed by atoms with van der Waals surface area (Å²) in [6.07, 6.45) is -2.01. The fraction of sp³-hybridized carbons (Fsp3) is 0.625. The van der Waals surface area contributed by atoms with E-state index in [1.807, 2.05) is 0 Å². The predicted molar refractivity (Wildman–Crippen MR) is 81.5 cm³/mol. The first-order valence-electron chi connectivity index (χ1n) is 7.94. The summed E-state index contributed by atoms with van der Waals surface area (Å²) in [7, 11) is 0. The number of hydrogen-bond donors (Lipinski definition) is 2. The van der Waals surface area contributed by atoms with Crippen LogP contribution in [0.5, 0.6) is 11.5 Å². The Labute approximate surface area is 134 Å². The van der Waals surface area contributed by atoms with E-state index in [9.17, 15) is 18.3 Å². The maximum absolute atomic E-state index is 12.4. The van der Waals surface area contributed by atoms with Crippen LogP contribution in [0.3, 0.4) is 0 Å². The van der Waals surface area contributed by atoms with E-state index in [-0.39, 0.29) is 17.5 Å². The van der Waals surface area contributed by atoms with Gasteiger partial charge in [-0.1, -0.05) is 19.8 Å². The van der Waals surface area contributed by atoms with Gasteiger partial charge >= 0.3 is 6.36 Å². The number of unbranched alkanes of at least 4 members (excludes halogenated alkanes) is 1. The first-order valence-corrected chi connectivity index (χ1v) is 7.94. The monoisotopic (exact) mass is 332 g/mol. The quantitative estimate of drug-likeness (QED) is 0.838. The average Bonchev–Trinajstić information content (AvgIpc) is 2.50. The number of rotatable bonds is 6. The fourth-order valence-corrected chi connectivity index (χ4v) is 2.92. The summed E-state index contributed by atoms with van der Waals surface area (Å²) in [6.45, 7) is 5.35. The molecule has 1 aliphatic heterocycles. The number of aromatic hydroxyl groups is 1. The molecule has 0 bridgehead atoms. The molecule has 1 atom stereocenters. The molecule has 1 saturated heterocycles. The average molecular weight is 332 g/mol. The van der Waals surface area contributed by atoms with Crippen molar-refractivity contribution in [1.82, 2.24) is 10.2 Å². The number of halogens is 3. The van der Waals surface area contributed by atoms with E-state index in [0.717, 1.165) is 51.5 Å². The van der Waals surface area contributed by atoms with Gasteiger partial charge in [-0.25, -0.2) is 0 Å². The number of piperazine rings is 1. The predicted octanol–water partition coefficient (Wildman–Crippen LogP) is 3.43. The maximum atomic E-state index is 12.4. The highest BCUT2D eigenvalue weighted by atomic mass is 19.4. The Morgan fingerprint density at radius 1 is 1.30 bits per heavy atom. The van der Waals surface area contributed by atoms with Crippen molar-refractivity contribution >= 4 is 0 Å². The van der Waals surface area contributed by atoms with Crippen molar-refractivity contribution in [2.75, 3.05) is 26.2 Å². The van der Waals surface area contributed by atoms with Crippen molar-refractivity contribution < 1.29 is 23.0 Å². The van der Waals surface area contributed by atoms with Crippen molar-refractivity contribution in [2.45, 2.75) is 38.6 Å². The summed E-state index contributed by atoms with van der Waals surface area (Å²) in [5.41, 5.74) is 0.502. The molecule has 23 heavy (non-hydrogen) atoms. The Morgan fingerprint density at radius 2 is 2.00 bits per heavy atom. The molecule has 0 amide bonds. The van der Waals surface area contributed by atoms with Crippen LogP contribution < -0.4 is 10.1 Å². The van der Waals surface area contributed by atoms with Gasteiger partial charge in [0.1, 0.15) is 11.5 Å². The van der Waals surface area contributed by atoms with Gasteiger partial charge in [-0.05, 0) is 24.6 Å². The SMILES string of the molecule is CCCC[C@H](c1cc(OC(F)(F)F)ccc1O)N1CCNCC1. The number of nitrogens with one attached hydrogen (secondary N) is 1. The Kier molecular flexibility index (Phi) is 6.12. The van der Waals surface area contributed by atoms with Gasteiger partial charge in [0.05, 0.1) is 0 Å². The minimum atomic E-state index is -4.73. The number of phenols is 1. The van der Waals surface area contributed by atoms with Crippen LogP contribution in [0.25, 0.3) is 0 Å². The third-order valence-electron chi connectivity index (χ3n) is 4.02. The number of alkyl halides is 3. The highest BCUT2D eigenvalue weighted by molar-refractivity contribution is 5.41. The molecule has 1 aromatic carbocycles. The highest BCUT2D eigenvalue weighted by Gasteiger charge is 2.32. The molecule has 0 unspecified atom stereocenters. The van der Waals surface area contributed by atoms with Gasteiger partial charge in [0.2, 0.25) is 0 Å². The van der Waals surface area contributed by atoms with Gasteiger partial charge in [0, 0.05) is 37.8 Å². The minimum absolute atomic E-state index is 0.0131. The summed E-state index contributed by atoms with van der Waals surface area (Å²) >= 11 is 0. The minimum Gasteiger partial charge on any atom is -0.508 e. The van der Waals surface area contributed by atoms with Crippen molar-refractivity contribution in [2.24, 2.45) is 0 Å². The van der Waals surface area contributed by atoms with Gasteiger partial charge in [-0.2, -0.15) is 0 Å². The van der Waals surface area contributed by atoms with Gasteiger partial charge in [-0.3, -0.25) is 4.90 Å². The Morgan fingerprint density at radius 3 is 2.61 bits per heavy atom. The Hall–Kier alpha value is -1.47. The molecule has 7 heteroatoms. The van der Waals surface area contributed by atoms with Crippen LogP contribution in [0.15, 0.2) is 18.2 Å². The van der Waals surface area contributed by atoms with Crippen LogP contribution in [0.4, 0.5) is 13.2 Å². The number of benzene rings is 1. The normalized spacial score (nSPS) is 17.9. The van der Waals surface area contributed by atoms with E-state index in [1.165, 1.54) is 12.1 Å². The van der Waals surface area contributed by atoms with Gasteiger partial charge in [0.25, 0.3) is 0 Å². The summed E-state index contributed by atoms with van der Waals surface area (Å²) in [5.74, 6) is -0.277. The second-order valence-corrected chi connectivity index (χ2v) is 5.71. The lowest BCUT2D eigenvalue weighted by Gasteiger charge is -2.35. The zero-order valence-corrected chi connectivity index (χ0v) is 13.2. The second kappa shape index (κ2) is 7.88. The van der Waals surface area contributed by atoms with Crippen LogP contribution in [-0.2, 0) is 0 Å². The number of ether oxygens (including phenoxy) is 1. The molecule has 1 aliphatic rings. The lowest BCUT2D eigenvalue weighted by Crippen LogP contribution is -2.45. The van der Waals surface area contributed by atoms with E-state index >= 15 is 0 Å². The molecule has 1 fully saturated rings. The molecule has 1 aromatic rings. The van der Waals surface area contributed by atoms with E-state index < -0.39 is 6.36 Å². The summed E-state index contributed by atoms with van der Waals surface area (Å²) in [5, 5.41) is 13.4. The molecule has 130 valence electrons. The molecule has 0 saturated carbocycles. The molecule has 0 aliphatic carbocycles. The van der Waals surface area contributed by atoms with Crippen LogP contribution in [0, 0.1) is 0 Å².